The molecule has 1 amide bonds. The number of anilines is 1. The number of rotatable bonds is 6. The van der Waals surface area contributed by atoms with E-state index in [-0.39, 0.29) is 5.91 Å². The first-order chi connectivity index (χ1) is 13.5. The Morgan fingerprint density at radius 2 is 1.75 bits per heavy atom. The molecule has 0 spiro atoms. The maximum absolute atomic E-state index is 12.7. The topological polar surface area (TPSA) is 47.6 Å². The predicted molar refractivity (Wildman–Crippen MR) is 112 cm³/mol. The molecule has 1 N–H and O–H groups in total. The fourth-order valence-corrected chi connectivity index (χ4v) is 2.92. The van der Waals surface area contributed by atoms with Crippen molar-refractivity contribution < 1.29 is 14.3 Å². The summed E-state index contributed by atoms with van der Waals surface area (Å²) < 4.78 is 11.3. The van der Waals surface area contributed by atoms with Crippen LogP contribution in [0.2, 0.25) is 0 Å². The molecule has 4 heteroatoms. The smallest absolute Gasteiger partial charge is 0.255 e. The van der Waals surface area contributed by atoms with Gasteiger partial charge in [-0.15, -0.1) is 0 Å². The van der Waals surface area contributed by atoms with Crippen LogP contribution in [-0.4, -0.2) is 13.0 Å². The third-order valence-electron chi connectivity index (χ3n) is 4.69. The van der Waals surface area contributed by atoms with Gasteiger partial charge in [-0.25, -0.2) is 0 Å². The average Bonchev–Trinajstić information content (AvgIpc) is 2.69. The molecule has 0 bridgehead atoms. The largest absolute Gasteiger partial charge is 0.496 e. The molecule has 0 aliphatic carbocycles. The fourth-order valence-electron chi connectivity index (χ4n) is 2.92. The quantitative estimate of drug-likeness (QED) is 0.623. The Labute approximate surface area is 166 Å². The molecule has 28 heavy (non-hydrogen) atoms. The Morgan fingerprint density at radius 3 is 2.46 bits per heavy atom. The molecule has 3 aromatic rings. The molecule has 0 saturated carbocycles. The summed E-state index contributed by atoms with van der Waals surface area (Å²) in [6.45, 7) is 6.41. The number of carbonyl (C=O) groups excluding carboxylic acids is 1. The molecule has 0 aliphatic rings. The van der Waals surface area contributed by atoms with Crippen LogP contribution >= 0.6 is 0 Å². The SMILES string of the molecule is COc1ccc(C(=O)Nc2ccc(C)c(C)c2)cc1COc1cccc(C)c1. The van der Waals surface area contributed by atoms with Gasteiger partial charge in [0.25, 0.3) is 5.91 Å². The van der Waals surface area contributed by atoms with Crippen molar-refractivity contribution >= 4 is 11.6 Å². The van der Waals surface area contributed by atoms with Crippen molar-refractivity contribution in [2.24, 2.45) is 0 Å². The number of carbonyl (C=O) groups is 1. The highest BCUT2D eigenvalue weighted by molar-refractivity contribution is 6.04. The van der Waals surface area contributed by atoms with Gasteiger partial charge in [0, 0.05) is 16.8 Å². The number of aryl methyl sites for hydroxylation is 3. The van der Waals surface area contributed by atoms with E-state index < -0.39 is 0 Å². The van der Waals surface area contributed by atoms with Gasteiger partial charge in [0.1, 0.15) is 18.1 Å². The van der Waals surface area contributed by atoms with Crippen LogP contribution in [0.4, 0.5) is 5.69 Å². The van der Waals surface area contributed by atoms with Crippen LogP contribution < -0.4 is 14.8 Å². The minimum atomic E-state index is -0.164. The summed E-state index contributed by atoms with van der Waals surface area (Å²) in [6.07, 6.45) is 0. The van der Waals surface area contributed by atoms with Gasteiger partial charge in [-0.1, -0.05) is 18.2 Å². The van der Waals surface area contributed by atoms with E-state index in [0.717, 1.165) is 28.1 Å². The molecule has 0 unspecified atom stereocenters. The molecule has 0 saturated heterocycles. The fraction of sp³-hybridized carbons (Fsp3) is 0.208. The number of methoxy groups -OCH3 is 1. The van der Waals surface area contributed by atoms with Crippen molar-refractivity contribution in [1.82, 2.24) is 0 Å². The lowest BCUT2D eigenvalue weighted by molar-refractivity contribution is 0.102. The van der Waals surface area contributed by atoms with Crippen molar-refractivity contribution in [1.29, 1.82) is 0 Å². The molecule has 3 aromatic carbocycles. The van der Waals surface area contributed by atoms with E-state index >= 15 is 0 Å². The van der Waals surface area contributed by atoms with Gasteiger partial charge in [-0.2, -0.15) is 0 Å². The maximum Gasteiger partial charge on any atom is 0.255 e. The highest BCUT2D eigenvalue weighted by Gasteiger charge is 2.12. The van der Waals surface area contributed by atoms with E-state index in [1.54, 1.807) is 19.2 Å². The molecule has 4 nitrogen and oxygen atoms in total. The number of benzene rings is 3. The highest BCUT2D eigenvalue weighted by Crippen LogP contribution is 2.24. The molecule has 0 aliphatic heterocycles. The second kappa shape index (κ2) is 8.61. The minimum absolute atomic E-state index is 0.164. The predicted octanol–water partition coefficient (Wildman–Crippen LogP) is 5.45. The van der Waals surface area contributed by atoms with E-state index in [2.05, 4.69) is 5.32 Å². The zero-order chi connectivity index (χ0) is 20.1. The first kappa shape index (κ1) is 19.5. The van der Waals surface area contributed by atoms with Crippen molar-refractivity contribution in [3.63, 3.8) is 0 Å². The van der Waals surface area contributed by atoms with E-state index in [4.69, 9.17) is 9.47 Å². The van der Waals surface area contributed by atoms with Gasteiger partial charge >= 0.3 is 0 Å². The van der Waals surface area contributed by atoms with Crippen LogP contribution in [0.1, 0.15) is 32.6 Å². The number of ether oxygens (including phenoxy) is 2. The molecule has 0 radical (unpaired) electrons. The summed E-state index contributed by atoms with van der Waals surface area (Å²) in [5.74, 6) is 1.31. The first-order valence-electron chi connectivity index (χ1n) is 9.21. The van der Waals surface area contributed by atoms with Crippen LogP contribution in [0, 0.1) is 20.8 Å². The Hall–Kier alpha value is -3.27. The molecule has 3 rings (SSSR count). The molecule has 0 atom stereocenters. The third kappa shape index (κ3) is 4.71. The highest BCUT2D eigenvalue weighted by atomic mass is 16.5. The van der Waals surface area contributed by atoms with Crippen LogP contribution in [-0.2, 0) is 6.61 Å². The second-order valence-corrected chi connectivity index (χ2v) is 6.88. The first-order valence-corrected chi connectivity index (χ1v) is 9.21. The number of nitrogens with one attached hydrogen (secondary N) is 1. The zero-order valence-electron chi connectivity index (χ0n) is 16.7. The Kier molecular flexibility index (Phi) is 5.99. The monoisotopic (exact) mass is 375 g/mol. The van der Waals surface area contributed by atoms with E-state index in [1.807, 2.05) is 69.3 Å². The summed E-state index contributed by atoms with van der Waals surface area (Å²) in [7, 11) is 1.61. The minimum Gasteiger partial charge on any atom is -0.496 e. The van der Waals surface area contributed by atoms with Gasteiger partial charge in [-0.05, 0) is 79.9 Å². The van der Waals surface area contributed by atoms with Crippen molar-refractivity contribution in [2.75, 3.05) is 12.4 Å². The number of amides is 1. The van der Waals surface area contributed by atoms with Gasteiger partial charge in [0.15, 0.2) is 0 Å². The molecular formula is C24H25NO3. The molecule has 0 heterocycles. The number of hydrogen-bond acceptors (Lipinski definition) is 3. The lowest BCUT2D eigenvalue weighted by atomic mass is 10.1. The normalized spacial score (nSPS) is 10.4. The molecular weight excluding hydrogens is 350 g/mol. The van der Waals surface area contributed by atoms with Gasteiger partial charge in [-0.3, -0.25) is 4.79 Å². The van der Waals surface area contributed by atoms with Crippen LogP contribution in [0.5, 0.6) is 11.5 Å². The summed E-state index contributed by atoms with van der Waals surface area (Å²) in [5.41, 5.74) is 5.61. The summed E-state index contributed by atoms with van der Waals surface area (Å²) in [5, 5.41) is 2.95. The molecule has 144 valence electrons. The van der Waals surface area contributed by atoms with Gasteiger partial charge in [0.2, 0.25) is 0 Å². The molecule has 0 aromatic heterocycles. The van der Waals surface area contributed by atoms with Crippen LogP contribution in [0.15, 0.2) is 60.7 Å². The molecule has 0 fully saturated rings. The summed E-state index contributed by atoms with van der Waals surface area (Å²) >= 11 is 0. The lowest BCUT2D eigenvalue weighted by Gasteiger charge is -2.13. The van der Waals surface area contributed by atoms with Crippen molar-refractivity contribution in [3.05, 3.63) is 88.5 Å². The Balaban J connectivity index is 1.77. The second-order valence-electron chi connectivity index (χ2n) is 6.88. The van der Waals surface area contributed by atoms with E-state index in [0.29, 0.717) is 17.9 Å². The van der Waals surface area contributed by atoms with E-state index in [9.17, 15) is 4.79 Å². The number of hydrogen-bond donors (Lipinski definition) is 1. The maximum atomic E-state index is 12.7. The van der Waals surface area contributed by atoms with Crippen LogP contribution in [0.25, 0.3) is 0 Å². The lowest BCUT2D eigenvalue weighted by Crippen LogP contribution is -2.13. The van der Waals surface area contributed by atoms with Crippen molar-refractivity contribution in [3.8, 4) is 11.5 Å². The summed E-state index contributed by atoms with van der Waals surface area (Å²) in [6, 6.07) is 19.1. The Morgan fingerprint density at radius 1 is 0.929 bits per heavy atom. The third-order valence-corrected chi connectivity index (χ3v) is 4.69. The van der Waals surface area contributed by atoms with Crippen LogP contribution in [0.3, 0.4) is 0 Å². The summed E-state index contributed by atoms with van der Waals surface area (Å²) in [4.78, 5) is 12.7. The Bertz CT molecular complexity index is 995. The zero-order valence-corrected chi connectivity index (χ0v) is 16.7. The standard InChI is InChI=1S/C24H25NO3/c1-16-6-5-7-22(12-16)28-15-20-14-19(9-11-23(20)27-4)24(26)25-21-10-8-17(2)18(3)13-21/h5-14H,15H2,1-4H3,(H,25,26). The van der Waals surface area contributed by atoms with Crippen molar-refractivity contribution in [2.45, 2.75) is 27.4 Å². The average molecular weight is 375 g/mol. The van der Waals surface area contributed by atoms with Gasteiger partial charge in [0.05, 0.1) is 7.11 Å². The van der Waals surface area contributed by atoms with E-state index in [1.165, 1.54) is 5.56 Å². The van der Waals surface area contributed by atoms with Gasteiger partial charge < -0.3 is 14.8 Å².